The molecule has 1 atom stereocenters. The van der Waals surface area contributed by atoms with Gasteiger partial charge in [0.1, 0.15) is 0 Å². The smallest absolute Gasteiger partial charge is 0.251 e. The number of benzene rings is 2. The van der Waals surface area contributed by atoms with E-state index < -0.39 is 0 Å². The highest BCUT2D eigenvalue weighted by Crippen LogP contribution is 2.18. The number of rotatable bonds is 6. The van der Waals surface area contributed by atoms with E-state index in [0.29, 0.717) is 17.5 Å². The first kappa shape index (κ1) is 17.8. The molecule has 4 nitrogen and oxygen atoms in total. The van der Waals surface area contributed by atoms with Crippen molar-refractivity contribution in [2.24, 2.45) is 0 Å². The number of aryl methyl sites for hydroxylation is 1. The second kappa shape index (κ2) is 8.41. The molecule has 0 fully saturated rings. The fraction of sp³-hybridized carbons (Fsp3) is 0.182. The predicted octanol–water partition coefficient (Wildman–Crippen LogP) is 3.60. The Hall–Kier alpha value is -2.98. The molecule has 0 radical (unpaired) electrons. The van der Waals surface area contributed by atoms with Crippen molar-refractivity contribution < 1.29 is 9.90 Å². The fourth-order valence-electron chi connectivity index (χ4n) is 2.82. The Morgan fingerprint density at radius 1 is 1.04 bits per heavy atom. The molecule has 0 aliphatic heterocycles. The molecule has 0 saturated heterocycles. The third-order valence-electron chi connectivity index (χ3n) is 4.28. The molecule has 1 aromatic heterocycles. The normalized spacial score (nSPS) is 11.8. The van der Waals surface area contributed by atoms with E-state index in [0.717, 1.165) is 11.3 Å². The molecular weight excluding hydrogens is 324 g/mol. The lowest BCUT2D eigenvalue weighted by Crippen LogP contribution is -2.30. The number of hydrogen-bond donors (Lipinski definition) is 2. The lowest BCUT2D eigenvalue weighted by atomic mass is 10.0. The van der Waals surface area contributed by atoms with E-state index in [-0.39, 0.29) is 18.6 Å². The fourth-order valence-corrected chi connectivity index (χ4v) is 2.82. The summed E-state index contributed by atoms with van der Waals surface area (Å²) >= 11 is 0. The average Bonchev–Trinajstić information content (AvgIpc) is 2.69. The van der Waals surface area contributed by atoms with Gasteiger partial charge in [0, 0.05) is 11.8 Å². The summed E-state index contributed by atoms with van der Waals surface area (Å²) in [6, 6.07) is 20.8. The molecule has 0 bridgehead atoms. The van der Waals surface area contributed by atoms with Crippen LogP contribution < -0.4 is 5.32 Å². The molecular formula is C22H22N2O2. The zero-order valence-corrected chi connectivity index (χ0v) is 14.7. The zero-order chi connectivity index (χ0) is 18.4. The van der Waals surface area contributed by atoms with Gasteiger partial charge < -0.3 is 10.4 Å². The lowest BCUT2D eigenvalue weighted by molar-refractivity contribution is 0.0935. The quantitative estimate of drug-likeness (QED) is 0.717. The minimum Gasteiger partial charge on any atom is -0.392 e. The summed E-state index contributed by atoms with van der Waals surface area (Å²) in [6.07, 6.45) is 2.39. The van der Waals surface area contributed by atoms with Gasteiger partial charge >= 0.3 is 0 Å². The van der Waals surface area contributed by atoms with Crippen molar-refractivity contribution >= 4 is 5.91 Å². The van der Waals surface area contributed by atoms with Gasteiger partial charge in [-0.05, 0) is 48.7 Å². The standard InChI is InChI=1S/C22H22N2O2/c1-16-8-10-17(11-9-16)14-21(20-7-2-3-12-23-20)24-22(26)19-6-4-5-18(13-19)15-25/h2-13,21,25H,14-15H2,1H3,(H,24,26)/t21-/m0/s1. The number of pyridine rings is 1. The minimum atomic E-state index is -0.232. The maximum absolute atomic E-state index is 12.7. The molecule has 2 N–H and O–H groups in total. The third kappa shape index (κ3) is 4.55. The molecule has 0 saturated carbocycles. The summed E-state index contributed by atoms with van der Waals surface area (Å²) in [5.41, 5.74) is 4.40. The number of nitrogens with one attached hydrogen (secondary N) is 1. The molecule has 2 aromatic carbocycles. The van der Waals surface area contributed by atoms with Gasteiger partial charge in [-0.3, -0.25) is 9.78 Å². The van der Waals surface area contributed by atoms with Gasteiger partial charge in [0.05, 0.1) is 18.3 Å². The zero-order valence-electron chi connectivity index (χ0n) is 14.7. The molecule has 1 heterocycles. The summed E-state index contributed by atoms with van der Waals surface area (Å²) in [7, 11) is 0. The Bertz CT molecular complexity index is 861. The number of aliphatic hydroxyl groups excluding tert-OH is 1. The van der Waals surface area contributed by atoms with Crippen LogP contribution in [0, 0.1) is 6.92 Å². The highest BCUT2D eigenvalue weighted by Gasteiger charge is 2.17. The SMILES string of the molecule is Cc1ccc(C[C@H](NC(=O)c2cccc(CO)c2)c2ccccn2)cc1. The molecule has 0 unspecified atom stereocenters. The van der Waals surface area contributed by atoms with E-state index in [2.05, 4.69) is 41.5 Å². The second-order valence-electron chi connectivity index (χ2n) is 6.33. The summed E-state index contributed by atoms with van der Waals surface area (Å²) in [4.78, 5) is 17.1. The first-order valence-corrected chi connectivity index (χ1v) is 8.63. The number of nitrogens with zero attached hydrogens (tertiary/aromatic N) is 1. The van der Waals surface area contributed by atoms with Gasteiger partial charge in [-0.15, -0.1) is 0 Å². The monoisotopic (exact) mass is 346 g/mol. The Balaban J connectivity index is 1.83. The maximum Gasteiger partial charge on any atom is 0.251 e. The Labute approximate surface area is 153 Å². The third-order valence-corrected chi connectivity index (χ3v) is 4.28. The molecule has 4 heteroatoms. The van der Waals surface area contributed by atoms with Crippen molar-refractivity contribution in [1.29, 1.82) is 0 Å². The average molecular weight is 346 g/mol. The minimum absolute atomic E-state index is 0.0891. The lowest BCUT2D eigenvalue weighted by Gasteiger charge is -2.19. The van der Waals surface area contributed by atoms with E-state index in [1.807, 2.05) is 18.2 Å². The number of hydrogen-bond acceptors (Lipinski definition) is 3. The highest BCUT2D eigenvalue weighted by molar-refractivity contribution is 5.94. The van der Waals surface area contributed by atoms with Crippen LogP contribution in [0.15, 0.2) is 72.9 Å². The number of aliphatic hydroxyl groups is 1. The van der Waals surface area contributed by atoms with Gasteiger partial charge in [0.2, 0.25) is 0 Å². The molecule has 132 valence electrons. The van der Waals surface area contributed by atoms with Gasteiger partial charge in [-0.1, -0.05) is 48.0 Å². The molecule has 1 amide bonds. The van der Waals surface area contributed by atoms with Crippen molar-refractivity contribution in [2.45, 2.75) is 26.0 Å². The van der Waals surface area contributed by atoms with Gasteiger partial charge in [-0.25, -0.2) is 0 Å². The van der Waals surface area contributed by atoms with Crippen molar-refractivity contribution in [3.63, 3.8) is 0 Å². The largest absolute Gasteiger partial charge is 0.392 e. The van der Waals surface area contributed by atoms with E-state index in [9.17, 15) is 9.90 Å². The number of aromatic nitrogens is 1. The molecule has 3 aromatic rings. The topological polar surface area (TPSA) is 62.2 Å². The van der Waals surface area contributed by atoms with Crippen LogP contribution in [-0.4, -0.2) is 16.0 Å². The van der Waals surface area contributed by atoms with Crippen LogP contribution in [0.3, 0.4) is 0 Å². The van der Waals surface area contributed by atoms with Crippen molar-refractivity contribution in [2.75, 3.05) is 0 Å². The summed E-state index contributed by atoms with van der Waals surface area (Å²) in [5.74, 6) is -0.178. The summed E-state index contributed by atoms with van der Waals surface area (Å²) < 4.78 is 0. The highest BCUT2D eigenvalue weighted by atomic mass is 16.3. The predicted molar refractivity (Wildman–Crippen MR) is 102 cm³/mol. The first-order valence-electron chi connectivity index (χ1n) is 8.63. The van der Waals surface area contributed by atoms with Crippen molar-refractivity contribution in [3.05, 3.63) is 101 Å². The summed E-state index contributed by atoms with van der Waals surface area (Å²) in [5, 5.41) is 12.4. The maximum atomic E-state index is 12.7. The second-order valence-corrected chi connectivity index (χ2v) is 6.33. The van der Waals surface area contributed by atoms with Crippen molar-refractivity contribution in [3.8, 4) is 0 Å². The number of carbonyl (C=O) groups is 1. The molecule has 0 aliphatic rings. The van der Waals surface area contributed by atoms with Gasteiger partial charge in [0.15, 0.2) is 0 Å². The molecule has 0 spiro atoms. The van der Waals surface area contributed by atoms with Gasteiger partial charge in [-0.2, -0.15) is 0 Å². The van der Waals surface area contributed by atoms with Crippen LogP contribution in [0.4, 0.5) is 0 Å². The number of amides is 1. The Morgan fingerprint density at radius 2 is 1.85 bits per heavy atom. The van der Waals surface area contributed by atoms with Crippen LogP contribution in [0.25, 0.3) is 0 Å². The molecule has 3 rings (SSSR count). The Kier molecular flexibility index (Phi) is 5.77. The van der Waals surface area contributed by atoms with E-state index in [1.54, 1.807) is 30.5 Å². The Morgan fingerprint density at radius 3 is 2.54 bits per heavy atom. The van der Waals surface area contributed by atoms with E-state index in [1.165, 1.54) is 5.56 Å². The van der Waals surface area contributed by atoms with Gasteiger partial charge in [0.25, 0.3) is 5.91 Å². The molecule has 26 heavy (non-hydrogen) atoms. The van der Waals surface area contributed by atoms with E-state index >= 15 is 0 Å². The van der Waals surface area contributed by atoms with Crippen LogP contribution >= 0.6 is 0 Å². The van der Waals surface area contributed by atoms with Crippen molar-refractivity contribution in [1.82, 2.24) is 10.3 Å². The number of carbonyl (C=O) groups excluding carboxylic acids is 1. The van der Waals surface area contributed by atoms with E-state index in [4.69, 9.17) is 0 Å². The summed E-state index contributed by atoms with van der Waals surface area (Å²) in [6.45, 7) is 1.96. The van der Waals surface area contributed by atoms with Crippen LogP contribution in [0.5, 0.6) is 0 Å². The van der Waals surface area contributed by atoms with Crippen LogP contribution in [-0.2, 0) is 13.0 Å². The first-order chi connectivity index (χ1) is 12.7. The van der Waals surface area contributed by atoms with Crippen LogP contribution in [0.1, 0.15) is 38.8 Å². The van der Waals surface area contributed by atoms with Crippen LogP contribution in [0.2, 0.25) is 0 Å². The molecule has 0 aliphatic carbocycles.